The summed E-state index contributed by atoms with van der Waals surface area (Å²) in [4.78, 5) is 11.5. The lowest BCUT2D eigenvalue weighted by Gasteiger charge is -2.08. The van der Waals surface area contributed by atoms with Crippen LogP contribution in [0.25, 0.3) is 0 Å². The highest BCUT2D eigenvalue weighted by Gasteiger charge is 2.05. The number of urea groups is 1. The van der Waals surface area contributed by atoms with Gasteiger partial charge in [0.05, 0.1) is 5.75 Å². The monoisotopic (exact) mass is 285 g/mol. The van der Waals surface area contributed by atoms with Gasteiger partial charge in [-0.15, -0.1) is 0 Å². The SMILES string of the molecule is CCS(=O)(=O)NCCNC(=O)Nc1cccc(C)c1. The van der Waals surface area contributed by atoms with Crippen LogP contribution in [0.2, 0.25) is 0 Å². The Kier molecular flexibility index (Phi) is 5.78. The highest BCUT2D eigenvalue weighted by Crippen LogP contribution is 2.08. The van der Waals surface area contributed by atoms with Crippen LogP contribution in [-0.2, 0) is 10.0 Å². The fraction of sp³-hybridized carbons (Fsp3) is 0.417. The van der Waals surface area contributed by atoms with Gasteiger partial charge in [-0.05, 0) is 31.5 Å². The van der Waals surface area contributed by atoms with Gasteiger partial charge in [0.15, 0.2) is 0 Å². The number of amides is 2. The number of benzene rings is 1. The summed E-state index contributed by atoms with van der Waals surface area (Å²) in [5, 5.41) is 5.24. The molecule has 0 aliphatic rings. The summed E-state index contributed by atoms with van der Waals surface area (Å²) in [6, 6.07) is 7.05. The number of carbonyl (C=O) groups excluding carboxylic acids is 1. The van der Waals surface area contributed by atoms with Crippen molar-refractivity contribution in [3.05, 3.63) is 29.8 Å². The van der Waals surface area contributed by atoms with Crippen molar-refractivity contribution in [2.24, 2.45) is 0 Å². The van der Waals surface area contributed by atoms with Crippen LogP contribution < -0.4 is 15.4 Å². The lowest BCUT2D eigenvalue weighted by atomic mass is 10.2. The molecule has 0 atom stereocenters. The van der Waals surface area contributed by atoms with E-state index >= 15 is 0 Å². The average molecular weight is 285 g/mol. The van der Waals surface area contributed by atoms with E-state index in [2.05, 4.69) is 15.4 Å². The zero-order valence-electron chi connectivity index (χ0n) is 11.1. The minimum Gasteiger partial charge on any atom is -0.337 e. The molecule has 2 amide bonds. The van der Waals surface area contributed by atoms with Crippen LogP contribution in [0.5, 0.6) is 0 Å². The van der Waals surface area contributed by atoms with Gasteiger partial charge in [-0.2, -0.15) is 0 Å². The Morgan fingerprint density at radius 1 is 1.26 bits per heavy atom. The van der Waals surface area contributed by atoms with E-state index < -0.39 is 10.0 Å². The summed E-state index contributed by atoms with van der Waals surface area (Å²) >= 11 is 0. The zero-order valence-corrected chi connectivity index (χ0v) is 11.9. The van der Waals surface area contributed by atoms with E-state index in [4.69, 9.17) is 0 Å². The second-order valence-corrected chi connectivity index (χ2v) is 6.14. The first-order valence-electron chi connectivity index (χ1n) is 6.02. The lowest BCUT2D eigenvalue weighted by Crippen LogP contribution is -2.37. The van der Waals surface area contributed by atoms with Crippen LogP contribution in [0.15, 0.2) is 24.3 Å². The fourth-order valence-electron chi connectivity index (χ4n) is 1.38. The van der Waals surface area contributed by atoms with Crippen molar-refractivity contribution in [3.63, 3.8) is 0 Å². The van der Waals surface area contributed by atoms with Crippen LogP contribution in [0.1, 0.15) is 12.5 Å². The maximum atomic E-state index is 11.5. The molecule has 1 rings (SSSR count). The number of carbonyl (C=O) groups is 1. The molecule has 0 aliphatic carbocycles. The Balaban J connectivity index is 2.29. The van der Waals surface area contributed by atoms with Gasteiger partial charge in [-0.25, -0.2) is 17.9 Å². The minimum atomic E-state index is -3.20. The third-order valence-electron chi connectivity index (χ3n) is 2.39. The smallest absolute Gasteiger partial charge is 0.319 e. The average Bonchev–Trinajstić information content (AvgIpc) is 2.35. The molecule has 0 spiro atoms. The molecule has 0 fully saturated rings. The second-order valence-electron chi connectivity index (χ2n) is 4.05. The quantitative estimate of drug-likeness (QED) is 0.683. The first-order chi connectivity index (χ1) is 8.93. The molecular weight excluding hydrogens is 266 g/mol. The third kappa shape index (κ3) is 6.21. The van der Waals surface area contributed by atoms with Gasteiger partial charge in [0.2, 0.25) is 10.0 Å². The summed E-state index contributed by atoms with van der Waals surface area (Å²) in [5.74, 6) is 0.0302. The standard InChI is InChI=1S/C12H19N3O3S/c1-3-19(17,18)14-8-7-13-12(16)15-11-6-4-5-10(2)9-11/h4-6,9,14H,3,7-8H2,1-2H3,(H2,13,15,16). The molecule has 0 saturated carbocycles. The first-order valence-corrected chi connectivity index (χ1v) is 7.67. The molecule has 0 aliphatic heterocycles. The van der Waals surface area contributed by atoms with E-state index in [0.29, 0.717) is 5.69 Å². The predicted molar refractivity (Wildman–Crippen MR) is 75.7 cm³/mol. The highest BCUT2D eigenvalue weighted by molar-refractivity contribution is 7.89. The van der Waals surface area contributed by atoms with E-state index in [9.17, 15) is 13.2 Å². The van der Waals surface area contributed by atoms with E-state index in [1.54, 1.807) is 13.0 Å². The van der Waals surface area contributed by atoms with E-state index in [-0.39, 0.29) is 24.9 Å². The highest BCUT2D eigenvalue weighted by atomic mass is 32.2. The predicted octanol–water partition coefficient (Wildman–Crippen LogP) is 1.06. The Hall–Kier alpha value is -1.60. The summed E-state index contributed by atoms with van der Waals surface area (Å²) in [6.07, 6.45) is 0. The molecular formula is C12H19N3O3S. The van der Waals surface area contributed by atoms with Gasteiger partial charge in [-0.1, -0.05) is 12.1 Å². The van der Waals surface area contributed by atoms with E-state index in [1.807, 2.05) is 25.1 Å². The van der Waals surface area contributed by atoms with Crippen molar-refractivity contribution in [2.75, 3.05) is 24.2 Å². The lowest BCUT2D eigenvalue weighted by molar-refractivity contribution is 0.252. The minimum absolute atomic E-state index is 0.0302. The topological polar surface area (TPSA) is 87.3 Å². The number of hydrogen-bond acceptors (Lipinski definition) is 3. The van der Waals surface area contributed by atoms with Crippen molar-refractivity contribution in [3.8, 4) is 0 Å². The number of nitrogens with one attached hydrogen (secondary N) is 3. The maximum absolute atomic E-state index is 11.5. The molecule has 106 valence electrons. The summed E-state index contributed by atoms with van der Waals surface area (Å²) < 4.78 is 24.6. The van der Waals surface area contributed by atoms with Crippen molar-refractivity contribution >= 4 is 21.7 Å². The van der Waals surface area contributed by atoms with Crippen LogP contribution in [0, 0.1) is 6.92 Å². The van der Waals surface area contributed by atoms with Gasteiger partial charge in [0.1, 0.15) is 0 Å². The van der Waals surface area contributed by atoms with Crippen molar-refractivity contribution < 1.29 is 13.2 Å². The number of hydrogen-bond donors (Lipinski definition) is 3. The van der Waals surface area contributed by atoms with Gasteiger partial charge in [-0.3, -0.25) is 0 Å². The first kappa shape index (κ1) is 15.5. The van der Waals surface area contributed by atoms with Crippen molar-refractivity contribution in [1.82, 2.24) is 10.0 Å². The largest absolute Gasteiger partial charge is 0.337 e. The molecule has 7 heteroatoms. The molecule has 19 heavy (non-hydrogen) atoms. The van der Waals surface area contributed by atoms with Crippen LogP contribution >= 0.6 is 0 Å². The van der Waals surface area contributed by atoms with Crippen LogP contribution in [-0.4, -0.2) is 33.3 Å². The van der Waals surface area contributed by atoms with E-state index in [0.717, 1.165) is 5.56 Å². The summed E-state index contributed by atoms with van der Waals surface area (Å²) in [6.45, 7) is 3.90. The molecule has 0 aromatic heterocycles. The Bertz CT molecular complexity index is 529. The van der Waals surface area contributed by atoms with Crippen molar-refractivity contribution in [1.29, 1.82) is 0 Å². The fourth-order valence-corrected chi connectivity index (χ4v) is 2.00. The zero-order chi connectivity index (χ0) is 14.3. The summed E-state index contributed by atoms with van der Waals surface area (Å²) in [5.41, 5.74) is 1.75. The van der Waals surface area contributed by atoms with Crippen LogP contribution in [0.4, 0.5) is 10.5 Å². The molecule has 6 nitrogen and oxygen atoms in total. The Morgan fingerprint density at radius 2 is 2.00 bits per heavy atom. The summed E-state index contributed by atoms with van der Waals surface area (Å²) in [7, 11) is -3.20. The van der Waals surface area contributed by atoms with Crippen molar-refractivity contribution in [2.45, 2.75) is 13.8 Å². The second kappa shape index (κ2) is 7.10. The normalized spacial score (nSPS) is 11.1. The molecule has 1 aromatic carbocycles. The van der Waals surface area contributed by atoms with Gasteiger partial charge >= 0.3 is 6.03 Å². The molecule has 0 heterocycles. The molecule has 0 radical (unpaired) electrons. The van der Waals surface area contributed by atoms with Gasteiger partial charge in [0.25, 0.3) is 0 Å². The number of anilines is 1. The molecule has 0 bridgehead atoms. The van der Waals surface area contributed by atoms with Gasteiger partial charge < -0.3 is 10.6 Å². The molecule has 3 N–H and O–H groups in total. The Labute approximate surface area is 113 Å². The molecule has 0 unspecified atom stereocenters. The van der Waals surface area contributed by atoms with E-state index in [1.165, 1.54) is 0 Å². The number of rotatable bonds is 6. The van der Waals surface area contributed by atoms with Crippen LogP contribution in [0.3, 0.4) is 0 Å². The molecule has 0 saturated heterocycles. The Morgan fingerprint density at radius 3 is 2.63 bits per heavy atom. The third-order valence-corrected chi connectivity index (χ3v) is 3.79. The maximum Gasteiger partial charge on any atom is 0.319 e. The van der Waals surface area contributed by atoms with Gasteiger partial charge in [0, 0.05) is 18.8 Å². The molecule has 1 aromatic rings. The number of sulfonamides is 1. The number of aryl methyl sites for hydroxylation is 1.